The first kappa shape index (κ1) is 21.5. The number of nitrogens with one attached hydrogen (secondary N) is 2. The van der Waals surface area contributed by atoms with E-state index in [9.17, 15) is 19.2 Å². The summed E-state index contributed by atoms with van der Waals surface area (Å²) in [6, 6.07) is 6.01. The van der Waals surface area contributed by atoms with Crippen molar-refractivity contribution >= 4 is 29.5 Å². The Balaban J connectivity index is 1.43. The molecule has 1 saturated heterocycles. The maximum atomic E-state index is 12.4. The van der Waals surface area contributed by atoms with Crippen LogP contribution in [0.1, 0.15) is 55.3 Å². The average Bonchev–Trinajstić information content (AvgIpc) is 3.18. The van der Waals surface area contributed by atoms with Gasteiger partial charge in [-0.3, -0.25) is 14.9 Å². The molecule has 0 radical (unpaired) electrons. The lowest BCUT2D eigenvalue weighted by atomic mass is 9.97. The molecule has 0 unspecified atom stereocenters. The molecule has 1 aliphatic carbocycles. The highest BCUT2D eigenvalue weighted by Crippen LogP contribution is 2.26. The first-order valence-corrected chi connectivity index (χ1v) is 10.4. The molecule has 0 aromatic heterocycles. The van der Waals surface area contributed by atoms with E-state index in [1.807, 2.05) is 0 Å². The number of esters is 1. The molecular weight excluding hydrogens is 386 g/mol. The molecule has 0 atom stereocenters. The predicted molar refractivity (Wildman–Crippen MR) is 111 cm³/mol. The second kappa shape index (κ2) is 10.6. The molecule has 0 saturated carbocycles. The summed E-state index contributed by atoms with van der Waals surface area (Å²) < 4.78 is 5.05. The van der Waals surface area contributed by atoms with Gasteiger partial charge >= 0.3 is 12.0 Å². The van der Waals surface area contributed by atoms with Gasteiger partial charge in [0.2, 0.25) is 5.91 Å². The Labute approximate surface area is 175 Å². The number of ether oxygens (including phenoxy) is 1. The van der Waals surface area contributed by atoms with Gasteiger partial charge in [0.15, 0.2) is 6.61 Å². The van der Waals surface area contributed by atoms with Crippen LogP contribution >= 0.6 is 0 Å². The van der Waals surface area contributed by atoms with Crippen LogP contribution in [-0.2, 0) is 14.3 Å². The Hall–Kier alpha value is -3.16. The van der Waals surface area contributed by atoms with Crippen LogP contribution in [0.25, 0.3) is 0 Å². The van der Waals surface area contributed by atoms with Crippen LogP contribution in [0, 0.1) is 0 Å². The lowest BCUT2D eigenvalue weighted by Crippen LogP contribution is -2.41. The van der Waals surface area contributed by atoms with E-state index in [0.29, 0.717) is 25.2 Å². The van der Waals surface area contributed by atoms with Crippen molar-refractivity contribution in [2.24, 2.45) is 0 Å². The zero-order valence-electron chi connectivity index (χ0n) is 16.9. The number of nitrogens with zero attached hydrogens (tertiary/aromatic N) is 1. The van der Waals surface area contributed by atoms with E-state index >= 15 is 0 Å². The fourth-order valence-corrected chi connectivity index (χ4v) is 3.67. The Kier molecular flexibility index (Phi) is 7.59. The number of urea groups is 1. The summed E-state index contributed by atoms with van der Waals surface area (Å²) in [6.45, 7) is 0.405. The van der Waals surface area contributed by atoms with Gasteiger partial charge in [-0.1, -0.05) is 23.8 Å². The monoisotopic (exact) mass is 413 g/mol. The Morgan fingerprint density at radius 1 is 1.07 bits per heavy atom. The first-order chi connectivity index (χ1) is 14.5. The molecule has 8 nitrogen and oxygen atoms in total. The molecular formula is C22H27N3O5. The third-order valence-electron chi connectivity index (χ3n) is 5.19. The van der Waals surface area contributed by atoms with Crippen LogP contribution in [0.4, 0.5) is 10.5 Å². The van der Waals surface area contributed by atoms with Crippen molar-refractivity contribution < 1.29 is 23.9 Å². The summed E-state index contributed by atoms with van der Waals surface area (Å²) in [4.78, 5) is 49.7. The highest BCUT2D eigenvalue weighted by atomic mass is 16.5. The molecule has 1 aromatic carbocycles. The van der Waals surface area contributed by atoms with Crippen LogP contribution in [0.3, 0.4) is 0 Å². The van der Waals surface area contributed by atoms with Gasteiger partial charge in [0.05, 0.1) is 11.3 Å². The van der Waals surface area contributed by atoms with Crippen LogP contribution in [-0.4, -0.2) is 43.5 Å². The number of rotatable bonds is 7. The number of carbonyl (C=O) groups is 4. The maximum Gasteiger partial charge on any atom is 0.340 e. The van der Waals surface area contributed by atoms with Crippen LogP contribution in [0.5, 0.6) is 0 Å². The standard InChI is InChI=1S/C22H27N3O5/c26-19(24-22(29)23-13-12-16-7-2-1-3-8-16)15-30-21(28)17-9-4-5-10-18(17)25-14-6-11-20(25)27/h4-5,7,9-10H,1-3,6,8,11-15H2,(H2,23,24,26,29). The number of hydrogen-bond acceptors (Lipinski definition) is 5. The van der Waals surface area contributed by atoms with E-state index in [-0.39, 0.29) is 11.5 Å². The predicted octanol–water partition coefficient (Wildman–Crippen LogP) is 2.69. The molecule has 1 fully saturated rings. The number of benzene rings is 1. The van der Waals surface area contributed by atoms with Crippen LogP contribution < -0.4 is 15.5 Å². The molecule has 1 aliphatic heterocycles. The fraction of sp³-hybridized carbons (Fsp3) is 0.455. The van der Waals surface area contributed by atoms with E-state index in [2.05, 4.69) is 16.7 Å². The molecule has 0 spiro atoms. The Bertz CT molecular complexity index is 849. The van der Waals surface area contributed by atoms with Gasteiger partial charge in [-0.25, -0.2) is 9.59 Å². The van der Waals surface area contributed by atoms with E-state index in [1.54, 1.807) is 29.2 Å². The fourth-order valence-electron chi connectivity index (χ4n) is 3.67. The zero-order chi connectivity index (χ0) is 21.3. The zero-order valence-corrected chi connectivity index (χ0v) is 16.9. The SMILES string of the molecule is O=C(COC(=O)c1ccccc1N1CCCC1=O)NC(=O)NCCC1=CCCCC1. The first-order valence-electron chi connectivity index (χ1n) is 10.4. The molecule has 4 amide bonds. The van der Waals surface area contributed by atoms with Crippen molar-refractivity contribution in [2.75, 3.05) is 24.6 Å². The quantitative estimate of drug-likeness (QED) is 0.528. The van der Waals surface area contributed by atoms with E-state index in [1.165, 1.54) is 18.4 Å². The number of para-hydroxylation sites is 1. The van der Waals surface area contributed by atoms with Crippen molar-refractivity contribution in [3.63, 3.8) is 0 Å². The van der Waals surface area contributed by atoms with E-state index < -0.39 is 24.5 Å². The van der Waals surface area contributed by atoms with Crippen molar-refractivity contribution in [1.29, 1.82) is 0 Å². The van der Waals surface area contributed by atoms with Crippen LogP contribution in [0.15, 0.2) is 35.9 Å². The minimum atomic E-state index is -0.718. The summed E-state index contributed by atoms with van der Waals surface area (Å²) in [5, 5.41) is 4.79. The summed E-state index contributed by atoms with van der Waals surface area (Å²) in [5.41, 5.74) is 2.02. The summed E-state index contributed by atoms with van der Waals surface area (Å²) >= 11 is 0. The minimum absolute atomic E-state index is 0.0475. The molecule has 0 bridgehead atoms. The summed E-state index contributed by atoms with van der Waals surface area (Å²) in [5.74, 6) is -1.48. The molecule has 2 aliphatic rings. The van der Waals surface area contributed by atoms with Gasteiger partial charge < -0.3 is 15.0 Å². The number of imide groups is 1. The summed E-state index contributed by atoms with van der Waals surface area (Å²) in [6.07, 6.45) is 8.68. The minimum Gasteiger partial charge on any atom is -0.452 e. The third-order valence-corrected chi connectivity index (χ3v) is 5.19. The number of hydrogen-bond donors (Lipinski definition) is 2. The Morgan fingerprint density at radius 2 is 1.90 bits per heavy atom. The highest BCUT2D eigenvalue weighted by Gasteiger charge is 2.26. The largest absolute Gasteiger partial charge is 0.452 e. The summed E-state index contributed by atoms with van der Waals surface area (Å²) in [7, 11) is 0. The van der Waals surface area contributed by atoms with Gasteiger partial charge in [0.1, 0.15) is 0 Å². The number of anilines is 1. The smallest absolute Gasteiger partial charge is 0.340 e. The van der Waals surface area contributed by atoms with E-state index in [4.69, 9.17) is 4.74 Å². The number of allylic oxidation sites excluding steroid dienone is 1. The normalized spacial score (nSPS) is 16.1. The lowest BCUT2D eigenvalue weighted by molar-refractivity contribution is -0.123. The second-order valence-corrected chi connectivity index (χ2v) is 7.40. The molecule has 2 N–H and O–H groups in total. The van der Waals surface area contributed by atoms with Crippen molar-refractivity contribution in [2.45, 2.75) is 44.9 Å². The van der Waals surface area contributed by atoms with E-state index in [0.717, 1.165) is 25.7 Å². The number of amides is 4. The number of carbonyl (C=O) groups excluding carboxylic acids is 4. The second-order valence-electron chi connectivity index (χ2n) is 7.40. The van der Waals surface area contributed by atoms with Crippen molar-refractivity contribution in [3.05, 3.63) is 41.5 Å². The molecule has 160 valence electrons. The molecule has 1 aromatic rings. The molecule has 1 heterocycles. The third kappa shape index (κ3) is 5.92. The van der Waals surface area contributed by atoms with Crippen molar-refractivity contribution in [3.8, 4) is 0 Å². The topological polar surface area (TPSA) is 105 Å². The van der Waals surface area contributed by atoms with Crippen LogP contribution in [0.2, 0.25) is 0 Å². The van der Waals surface area contributed by atoms with Gasteiger partial charge in [0, 0.05) is 19.5 Å². The maximum absolute atomic E-state index is 12.4. The molecule has 8 heteroatoms. The molecule has 3 rings (SSSR count). The van der Waals surface area contributed by atoms with Gasteiger partial charge in [-0.15, -0.1) is 0 Å². The van der Waals surface area contributed by atoms with Gasteiger partial charge in [0.25, 0.3) is 5.91 Å². The molecule has 30 heavy (non-hydrogen) atoms. The van der Waals surface area contributed by atoms with Gasteiger partial charge in [-0.2, -0.15) is 0 Å². The highest BCUT2D eigenvalue weighted by molar-refractivity contribution is 6.04. The Morgan fingerprint density at radius 3 is 2.63 bits per heavy atom. The van der Waals surface area contributed by atoms with Gasteiger partial charge in [-0.05, 0) is 50.7 Å². The average molecular weight is 413 g/mol. The lowest BCUT2D eigenvalue weighted by Gasteiger charge is -2.18. The van der Waals surface area contributed by atoms with Crippen molar-refractivity contribution in [1.82, 2.24) is 10.6 Å².